The van der Waals surface area contributed by atoms with Crippen LogP contribution in [-0.2, 0) is 16.0 Å². The lowest BCUT2D eigenvalue weighted by Gasteiger charge is -2.40. The average molecular weight is 340 g/mol. The molecule has 1 heterocycles. The number of hydrogen-bond donors (Lipinski definition) is 1. The number of carbonyl (C=O) groups excluding carboxylic acids is 2. The Morgan fingerprint density at radius 3 is 2.48 bits per heavy atom. The lowest BCUT2D eigenvalue weighted by atomic mass is 9.73. The summed E-state index contributed by atoms with van der Waals surface area (Å²) in [7, 11) is 1.55. The lowest BCUT2D eigenvalue weighted by Crippen LogP contribution is -2.57. The van der Waals surface area contributed by atoms with E-state index in [-0.39, 0.29) is 17.6 Å². The third-order valence-corrected chi connectivity index (χ3v) is 4.79. The van der Waals surface area contributed by atoms with Crippen LogP contribution in [0.4, 0.5) is 10.1 Å². The summed E-state index contributed by atoms with van der Waals surface area (Å²) in [6.07, 6.45) is 1.56. The molecule has 2 aromatic rings. The molecule has 1 aliphatic rings. The predicted molar refractivity (Wildman–Crippen MR) is 94.6 cm³/mol. The zero-order valence-corrected chi connectivity index (χ0v) is 14.2. The smallest absolute Gasteiger partial charge is 0.243 e. The van der Waals surface area contributed by atoms with Gasteiger partial charge in [-0.3, -0.25) is 9.59 Å². The van der Waals surface area contributed by atoms with E-state index in [0.717, 1.165) is 5.56 Å². The van der Waals surface area contributed by atoms with E-state index in [1.54, 1.807) is 24.1 Å². The van der Waals surface area contributed by atoms with Crippen LogP contribution in [-0.4, -0.2) is 25.4 Å². The highest BCUT2D eigenvalue weighted by Crippen LogP contribution is 2.37. The molecule has 0 aliphatic carbocycles. The maximum Gasteiger partial charge on any atom is 0.243 e. The van der Waals surface area contributed by atoms with E-state index in [1.807, 2.05) is 30.3 Å². The van der Waals surface area contributed by atoms with E-state index in [0.29, 0.717) is 31.5 Å². The molecule has 0 radical (unpaired) electrons. The van der Waals surface area contributed by atoms with E-state index in [1.165, 1.54) is 12.1 Å². The number of nitrogens with zero attached hydrogens (tertiary/aromatic N) is 1. The summed E-state index contributed by atoms with van der Waals surface area (Å²) in [6.45, 7) is 0.526. The molecule has 1 N–H and O–H groups in total. The fourth-order valence-corrected chi connectivity index (χ4v) is 3.51. The first-order valence-corrected chi connectivity index (χ1v) is 8.40. The Morgan fingerprint density at radius 1 is 1.16 bits per heavy atom. The van der Waals surface area contributed by atoms with Gasteiger partial charge in [0.05, 0.1) is 0 Å². The molecule has 0 bridgehead atoms. The molecule has 1 aliphatic heterocycles. The third-order valence-electron chi connectivity index (χ3n) is 4.79. The Balaban J connectivity index is 1.97. The van der Waals surface area contributed by atoms with E-state index in [4.69, 9.17) is 0 Å². The number of benzene rings is 2. The second kappa shape index (κ2) is 7.05. The number of piperidine rings is 1. The molecule has 0 unspecified atom stereocenters. The van der Waals surface area contributed by atoms with Crippen LogP contribution in [0, 0.1) is 11.2 Å². The summed E-state index contributed by atoms with van der Waals surface area (Å²) >= 11 is 0. The van der Waals surface area contributed by atoms with E-state index >= 15 is 0 Å². The zero-order chi connectivity index (χ0) is 17.9. The number of anilines is 1. The summed E-state index contributed by atoms with van der Waals surface area (Å²) in [5.74, 6) is -0.850. The van der Waals surface area contributed by atoms with E-state index in [9.17, 15) is 14.0 Å². The third kappa shape index (κ3) is 3.27. The monoisotopic (exact) mass is 340 g/mol. The van der Waals surface area contributed by atoms with Gasteiger partial charge in [0.25, 0.3) is 0 Å². The maximum atomic E-state index is 13.3. The molecule has 1 atom stereocenters. The van der Waals surface area contributed by atoms with Crippen molar-refractivity contribution in [3.8, 4) is 0 Å². The number of amides is 2. The number of rotatable bonds is 4. The highest BCUT2D eigenvalue weighted by atomic mass is 19.1. The molecule has 1 saturated heterocycles. The first-order valence-electron chi connectivity index (χ1n) is 8.40. The average Bonchev–Trinajstić information content (AvgIpc) is 2.64. The SMILES string of the molecule is CNC(=O)[C@@]1(Cc2ccccc2)CCCN(c2ccc(F)cc2)C1=O. The number of halogens is 1. The van der Waals surface area contributed by atoms with Crippen LogP contribution < -0.4 is 10.2 Å². The molecule has 3 rings (SSSR count). The fraction of sp³-hybridized carbons (Fsp3) is 0.300. The Morgan fingerprint density at radius 2 is 1.84 bits per heavy atom. The first kappa shape index (κ1) is 17.1. The van der Waals surface area contributed by atoms with Crippen molar-refractivity contribution in [1.29, 1.82) is 0 Å². The highest BCUT2D eigenvalue weighted by Gasteiger charge is 2.49. The molecule has 5 heteroatoms. The second-order valence-corrected chi connectivity index (χ2v) is 6.36. The summed E-state index contributed by atoms with van der Waals surface area (Å²) < 4.78 is 13.2. The van der Waals surface area contributed by atoms with Gasteiger partial charge in [-0.05, 0) is 49.1 Å². The lowest BCUT2D eigenvalue weighted by molar-refractivity contribution is -0.143. The Kier molecular flexibility index (Phi) is 4.83. The summed E-state index contributed by atoms with van der Waals surface area (Å²) in [5.41, 5.74) is 0.427. The Bertz CT molecular complexity index is 761. The van der Waals surface area contributed by atoms with E-state index < -0.39 is 5.41 Å². The van der Waals surface area contributed by atoms with Crippen molar-refractivity contribution < 1.29 is 14.0 Å². The Labute approximate surface area is 146 Å². The number of hydrogen-bond acceptors (Lipinski definition) is 2. The topological polar surface area (TPSA) is 49.4 Å². The quantitative estimate of drug-likeness (QED) is 0.870. The van der Waals surface area contributed by atoms with Crippen LogP contribution in [0.15, 0.2) is 54.6 Å². The molecule has 4 nitrogen and oxygen atoms in total. The van der Waals surface area contributed by atoms with Crippen molar-refractivity contribution >= 4 is 17.5 Å². The molecule has 130 valence electrons. The van der Waals surface area contributed by atoms with Crippen molar-refractivity contribution in [2.45, 2.75) is 19.3 Å². The number of carbonyl (C=O) groups is 2. The van der Waals surface area contributed by atoms with Crippen molar-refractivity contribution in [3.05, 3.63) is 66.0 Å². The fourth-order valence-electron chi connectivity index (χ4n) is 3.51. The van der Waals surface area contributed by atoms with Gasteiger partial charge >= 0.3 is 0 Å². The van der Waals surface area contributed by atoms with Crippen LogP contribution in [0.1, 0.15) is 18.4 Å². The molecule has 2 aromatic carbocycles. The van der Waals surface area contributed by atoms with Crippen molar-refractivity contribution in [3.63, 3.8) is 0 Å². The molecule has 0 saturated carbocycles. The van der Waals surface area contributed by atoms with Crippen LogP contribution >= 0.6 is 0 Å². The summed E-state index contributed by atoms with van der Waals surface area (Å²) in [6, 6.07) is 15.4. The molecular formula is C20H21FN2O2. The number of nitrogens with one attached hydrogen (secondary N) is 1. The van der Waals surface area contributed by atoms with Gasteiger partial charge in [-0.2, -0.15) is 0 Å². The minimum absolute atomic E-state index is 0.228. The van der Waals surface area contributed by atoms with Crippen LogP contribution in [0.25, 0.3) is 0 Å². The minimum atomic E-state index is -1.14. The second-order valence-electron chi connectivity index (χ2n) is 6.36. The van der Waals surface area contributed by atoms with Gasteiger partial charge in [0.15, 0.2) is 0 Å². The molecule has 0 aromatic heterocycles. The standard InChI is InChI=1S/C20H21FN2O2/c1-22-18(24)20(14-15-6-3-2-4-7-15)12-5-13-23(19(20)25)17-10-8-16(21)9-11-17/h2-4,6-11H,5,12-14H2,1H3,(H,22,24)/t20-/m0/s1. The van der Waals surface area contributed by atoms with Gasteiger partial charge in [0, 0.05) is 19.3 Å². The zero-order valence-electron chi connectivity index (χ0n) is 14.2. The molecule has 0 spiro atoms. The van der Waals surface area contributed by atoms with Gasteiger partial charge < -0.3 is 10.2 Å². The van der Waals surface area contributed by atoms with Gasteiger partial charge in [-0.25, -0.2) is 4.39 Å². The van der Waals surface area contributed by atoms with Gasteiger partial charge in [0.2, 0.25) is 11.8 Å². The van der Waals surface area contributed by atoms with Crippen molar-refractivity contribution in [2.75, 3.05) is 18.5 Å². The van der Waals surface area contributed by atoms with Crippen LogP contribution in [0.3, 0.4) is 0 Å². The van der Waals surface area contributed by atoms with Gasteiger partial charge in [-0.15, -0.1) is 0 Å². The summed E-state index contributed by atoms with van der Waals surface area (Å²) in [5, 5.41) is 2.66. The largest absolute Gasteiger partial charge is 0.358 e. The molecular weight excluding hydrogens is 319 g/mol. The first-order chi connectivity index (χ1) is 12.1. The van der Waals surface area contributed by atoms with Crippen LogP contribution in [0.2, 0.25) is 0 Å². The molecule has 25 heavy (non-hydrogen) atoms. The normalized spacial score (nSPS) is 20.4. The summed E-state index contributed by atoms with van der Waals surface area (Å²) in [4.78, 5) is 27.6. The predicted octanol–water partition coefficient (Wildman–Crippen LogP) is 2.93. The van der Waals surface area contributed by atoms with E-state index in [2.05, 4.69) is 5.32 Å². The van der Waals surface area contributed by atoms with Gasteiger partial charge in [0.1, 0.15) is 11.2 Å². The minimum Gasteiger partial charge on any atom is -0.358 e. The van der Waals surface area contributed by atoms with Crippen LogP contribution in [0.5, 0.6) is 0 Å². The molecule has 2 amide bonds. The van der Waals surface area contributed by atoms with Crippen molar-refractivity contribution in [1.82, 2.24) is 5.32 Å². The van der Waals surface area contributed by atoms with Crippen molar-refractivity contribution in [2.24, 2.45) is 5.41 Å². The maximum absolute atomic E-state index is 13.3. The van der Waals surface area contributed by atoms with Gasteiger partial charge in [-0.1, -0.05) is 30.3 Å². The molecule has 1 fully saturated rings. The highest BCUT2D eigenvalue weighted by molar-refractivity contribution is 6.12. The Hall–Kier alpha value is -2.69.